The summed E-state index contributed by atoms with van der Waals surface area (Å²) in [5, 5.41) is 22.4. The molecule has 0 radical (unpaired) electrons. The van der Waals surface area contributed by atoms with E-state index in [0.29, 0.717) is 17.7 Å². The summed E-state index contributed by atoms with van der Waals surface area (Å²) in [6.45, 7) is 2.06. The van der Waals surface area contributed by atoms with E-state index in [0.717, 1.165) is 0 Å². The fourth-order valence-electron chi connectivity index (χ4n) is 3.46. The monoisotopic (exact) mass is 396 g/mol. The Balaban J connectivity index is 2.23. The van der Waals surface area contributed by atoms with Crippen LogP contribution < -0.4 is 4.74 Å². The highest BCUT2D eigenvalue weighted by molar-refractivity contribution is 6.46. The number of amides is 1. The van der Waals surface area contributed by atoms with Gasteiger partial charge < -0.3 is 14.7 Å². The lowest BCUT2D eigenvalue weighted by molar-refractivity contribution is -0.385. The quantitative estimate of drug-likeness (QED) is 0.263. The minimum atomic E-state index is -1.04. The summed E-state index contributed by atoms with van der Waals surface area (Å²) in [6.07, 6.45) is 0.548. The Morgan fingerprint density at radius 3 is 2.41 bits per heavy atom. The van der Waals surface area contributed by atoms with Crippen LogP contribution in [0.3, 0.4) is 0 Å². The molecule has 2 aromatic carbocycles. The van der Waals surface area contributed by atoms with Gasteiger partial charge in [-0.2, -0.15) is 0 Å². The van der Waals surface area contributed by atoms with Gasteiger partial charge >= 0.3 is 0 Å². The molecule has 0 unspecified atom stereocenters. The number of likely N-dealkylation sites (tertiary alicyclic amines) is 1. The third kappa shape index (κ3) is 3.56. The lowest BCUT2D eigenvalue weighted by Gasteiger charge is -2.24. The van der Waals surface area contributed by atoms with Gasteiger partial charge in [0, 0.05) is 18.2 Å². The van der Waals surface area contributed by atoms with Gasteiger partial charge in [-0.15, -0.1) is 0 Å². The number of ketones is 1. The third-order valence-corrected chi connectivity index (χ3v) is 4.80. The summed E-state index contributed by atoms with van der Waals surface area (Å²) in [7, 11) is 1.50. The fourth-order valence-corrected chi connectivity index (χ4v) is 3.46. The van der Waals surface area contributed by atoms with Crippen LogP contribution in [-0.4, -0.2) is 40.3 Å². The average Bonchev–Trinajstić information content (AvgIpc) is 2.98. The van der Waals surface area contributed by atoms with E-state index in [1.54, 1.807) is 30.3 Å². The van der Waals surface area contributed by atoms with Crippen molar-refractivity contribution in [3.8, 4) is 5.75 Å². The second-order valence-corrected chi connectivity index (χ2v) is 6.54. The number of aliphatic hydroxyl groups is 1. The van der Waals surface area contributed by atoms with E-state index < -0.39 is 22.7 Å². The molecule has 1 amide bonds. The molecule has 8 heteroatoms. The molecule has 1 N–H and O–H groups in total. The Morgan fingerprint density at radius 1 is 1.17 bits per heavy atom. The van der Waals surface area contributed by atoms with Crippen molar-refractivity contribution >= 4 is 23.1 Å². The number of carbonyl (C=O) groups is 2. The molecule has 3 rings (SSSR count). The van der Waals surface area contributed by atoms with E-state index in [2.05, 4.69) is 0 Å². The number of nitrogens with zero attached hydrogens (tertiary/aromatic N) is 2. The van der Waals surface area contributed by atoms with Gasteiger partial charge in [-0.3, -0.25) is 19.7 Å². The Kier molecular flexibility index (Phi) is 5.63. The maximum absolute atomic E-state index is 12.8. The first-order valence-electron chi connectivity index (χ1n) is 9.06. The lowest BCUT2D eigenvalue weighted by Crippen LogP contribution is -2.30. The van der Waals surface area contributed by atoms with Crippen LogP contribution in [0.1, 0.15) is 30.5 Å². The first-order chi connectivity index (χ1) is 13.9. The molecular weight excluding hydrogens is 376 g/mol. The van der Waals surface area contributed by atoms with E-state index in [1.165, 1.54) is 30.2 Å². The number of ether oxygens (including phenoxy) is 1. The van der Waals surface area contributed by atoms with Gasteiger partial charge in [0.25, 0.3) is 17.4 Å². The van der Waals surface area contributed by atoms with Gasteiger partial charge in [0.2, 0.25) is 0 Å². The van der Waals surface area contributed by atoms with Gasteiger partial charge in [-0.05, 0) is 36.8 Å². The van der Waals surface area contributed by atoms with Crippen molar-refractivity contribution in [1.29, 1.82) is 0 Å². The molecule has 1 saturated heterocycles. The highest BCUT2D eigenvalue weighted by atomic mass is 16.6. The summed E-state index contributed by atoms with van der Waals surface area (Å²) in [4.78, 5) is 37.7. The minimum absolute atomic E-state index is 0.164. The highest BCUT2D eigenvalue weighted by Crippen LogP contribution is 2.42. The van der Waals surface area contributed by atoms with Crippen molar-refractivity contribution in [2.24, 2.45) is 0 Å². The summed E-state index contributed by atoms with van der Waals surface area (Å²) in [5.41, 5.74) is 0.105. The zero-order chi connectivity index (χ0) is 21.1. The first kappa shape index (κ1) is 20.1. The van der Waals surface area contributed by atoms with Gasteiger partial charge in [-0.25, -0.2) is 0 Å². The van der Waals surface area contributed by atoms with E-state index in [4.69, 9.17) is 4.74 Å². The number of rotatable bonds is 6. The Morgan fingerprint density at radius 2 is 1.83 bits per heavy atom. The van der Waals surface area contributed by atoms with E-state index >= 15 is 0 Å². The molecule has 1 fully saturated rings. The number of aliphatic hydroxyl groups excluding tert-OH is 1. The number of methoxy groups -OCH3 is 1. The van der Waals surface area contributed by atoms with Gasteiger partial charge in [-0.1, -0.05) is 19.1 Å². The van der Waals surface area contributed by atoms with Crippen LogP contribution in [0.2, 0.25) is 0 Å². The second kappa shape index (κ2) is 8.14. The predicted octanol–water partition coefficient (Wildman–Crippen LogP) is 3.44. The first-order valence-corrected chi connectivity index (χ1v) is 9.06. The SMILES string of the molecule is CCCN1C(=O)C(=O)C(=C(O)c2ccc(OC)cc2)[C@H]1c1ccccc1[N+](=O)[O-]. The molecule has 0 spiro atoms. The largest absolute Gasteiger partial charge is 0.507 e. The Bertz CT molecular complexity index is 996. The second-order valence-electron chi connectivity index (χ2n) is 6.54. The molecule has 29 heavy (non-hydrogen) atoms. The molecule has 0 aliphatic carbocycles. The van der Waals surface area contributed by atoms with Crippen molar-refractivity contribution in [1.82, 2.24) is 4.90 Å². The maximum Gasteiger partial charge on any atom is 0.295 e. The van der Waals surface area contributed by atoms with Crippen LogP contribution in [0.5, 0.6) is 5.75 Å². The van der Waals surface area contributed by atoms with Gasteiger partial charge in [0.15, 0.2) is 0 Å². The van der Waals surface area contributed by atoms with Crippen molar-refractivity contribution in [3.63, 3.8) is 0 Å². The molecule has 0 aromatic heterocycles. The number of hydrogen-bond donors (Lipinski definition) is 1. The minimum Gasteiger partial charge on any atom is -0.507 e. The number of benzene rings is 2. The molecule has 0 saturated carbocycles. The fraction of sp³-hybridized carbons (Fsp3) is 0.238. The molecule has 150 valence electrons. The summed E-state index contributed by atoms with van der Waals surface area (Å²) < 4.78 is 5.09. The van der Waals surface area contributed by atoms with Crippen LogP contribution in [0.15, 0.2) is 54.1 Å². The zero-order valence-corrected chi connectivity index (χ0v) is 16.0. The van der Waals surface area contributed by atoms with Crippen LogP contribution in [-0.2, 0) is 9.59 Å². The van der Waals surface area contributed by atoms with Gasteiger partial charge in [0.05, 0.1) is 29.2 Å². The lowest BCUT2D eigenvalue weighted by atomic mass is 9.94. The number of para-hydroxylation sites is 1. The molecular formula is C21H20N2O6. The summed E-state index contributed by atoms with van der Waals surface area (Å²) in [5.74, 6) is -1.48. The van der Waals surface area contributed by atoms with Crippen molar-refractivity contribution in [3.05, 3.63) is 75.3 Å². The number of nitro benzene ring substituents is 1. The summed E-state index contributed by atoms with van der Waals surface area (Å²) in [6, 6.07) is 11.2. The van der Waals surface area contributed by atoms with Crippen molar-refractivity contribution < 1.29 is 24.4 Å². The summed E-state index contributed by atoms with van der Waals surface area (Å²) >= 11 is 0. The normalized spacial score (nSPS) is 18.1. The number of hydrogen-bond acceptors (Lipinski definition) is 6. The molecule has 1 heterocycles. The molecule has 1 atom stereocenters. The zero-order valence-electron chi connectivity index (χ0n) is 16.0. The van der Waals surface area contributed by atoms with Crippen LogP contribution in [0.4, 0.5) is 5.69 Å². The Hall–Kier alpha value is -3.68. The molecule has 0 bridgehead atoms. The molecule has 1 aliphatic heterocycles. The van der Waals surface area contributed by atoms with E-state index in [1.807, 2.05) is 6.92 Å². The van der Waals surface area contributed by atoms with E-state index in [-0.39, 0.29) is 29.1 Å². The van der Waals surface area contributed by atoms with Crippen LogP contribution >= 0.6 is 0 Å². The average molecular weight is 396 g/mol. The maximum atomic E-state index is 12.8. The molecule has 2 aromatic rings. The molecule has 8 nitrogen and oxygen atoms in total. The predicted molar refractivity (Wildman–Crippen MR) is 105 cm³/mol. The Labute approximate surface area is 167 Å². The highest BCUT2D eigenvalue weighted by Gasteiger charge is 2.47. The van der Waals surface area contributed by atoms with Crippen LogP contribution in [0.25, 0.3) is 5.76 Å². The molecule has 1 aliphatic rings. The number of Topliss-reactive ketones (excluding diaryl/α,β-unsaturated/α-hetero) is 1. The topological polar surface area (TPSA) is 110 Å². The number of nitro groups is 1. The smallest absolute Gasteiger partial charge is 0.295 e. The van der Waals surface area contributed by atoms with Gasteiger partial charge in [0.1, 0.15) is 11.5 Å². The van der Waals surface area contributed by atoms with Crippen molar-refractivity contribution in [2.75, 3.05) is 13.7 Å². The number of carbonyl (C=O) groups excluding carboxylic acids is 2. The van der Waals surface area contributed by atoms with E-state index in [9.17, 15) is 24.8 Å². The van der Waals surface area contributed by atoms with Crippen LogP contribution in [0, 0.1) is 10.1 Å². The standard InChI is InChI=1S/C21H20N2O6/c1-3-12-22-18(15-6-4-5-7-16(15)23(27)28)17(20(25)21(22)26)19(24)13-8-10-14(29-2)11-9-13/h4-11,18,24H,3,12H2,1-2H3/t18-/m1/s1. The third-order valence-electron chi connectivity index (χ3n) is 4.80. The van der Waals surface area contributed by atoms with Crippen molar-refractivity contribution in [2.45, 2.75) is 19.4 Å².